The highest BCUT2D eigenvalue weighted by molar-refractivity contribution is 4.50. The van der Waals surface area contributed by atoms with Crippen LogP contribution in [0.15, 0.2) is 0 Å². The molecule has 0 unspecified atom stereocenters. The molecule has 0 aliphatic heterocycles. The van der Waals surface area contributed by atoms with Crippen molar-refractivity contribution in [3.8, 4) is 0 Å². The Morgan fingerprint density at radius 3 is 2.62 bits per heavy atom. The van der Waals surface area contributed by atoms with Gasteiger partial charge in [0.25, 0.3) is 0 Å². The maximum atomic E-state index is 4.58. The van der Waals surface area contributed by atoms with Gasteiger partial charge in [-0.05, 0) is 0 Å². The maximum Gasteiger partial charge on any atom is 0.0701 e. The summed E-state index contributed by atoms with van der Waals surface area (Å²) in [6.45, 7) is 5.78. The van der Waals surface area contributed by atoms with Gasteiger partial charge in [-0.15, -0.1) is 0 Å². The van der Waals surface area contributed by atoms with Crippen LogP contribution in [0.1, 0.15) is 13.8 Å². The Bertz CT molecular complexity index is 45.8. The van der Waals surface area contributed by atoms with Crippen molar-refractivity contribution in [1.29, 1.82) is 0 Å². The molecule has 1 radical (unpaired) electrons. The van der Waals surface area contributed by atoms with E-state index < -0.39 is 0 Å². The third kappa shape index (κ3) is 5.92. The highest BCUT2D eigenvalue weighted by Crippen LogP contribution is 1.74. The van der Waals surface area contributed by atoms with Crippen molar-refractivity contribution < 1.29 is 4.74 Å². The van der Waals surface area contributed by atoms with Crippen molar-refractivity contribution in [3.05, 3.63) is 7.11 Å². The van der Waals surface area contributed by atoms with E-state index in [4.69, 9.17) is 0 Å². The zero-order valence-electron chi connectivity index (χ0n) is 5.61. The summed E-state index contributed by atoms with van der Waals surface area (Å²) in [6, 6.07) is 0.546. The molecule has 8 heavy (non-hydrogen) atoms. The van der Waals surface area contributed by atoms with Crippen LogP contribution < -0.4 is 5.32 Å². The average molecular weight is 116 g/mol. The van der Waals surface area contributed by atoms with E-state index in [0.717, 1.165) is 6.54 Å². The fourth-order valence-electron chi connectivity index (χ4n) is 0.420. The first-order valence-electron chi connectivity index (χ1n) is 2.87. The monoisotopic (exact) mass is 116 g/mol. The van der Waals surface area contributed by atoms with Crippen LogP contribution >= 0.6 is 0 Å². The fraction of sp³-hybridized carbons (Fsp3) is 0.833. The Morgan fingerprint density at radius 2 is 2.25 bits per heavy atom. The molecule has 49 valence electrons. The second kappa shape index (κ2) is 5.06. The van der Waals surface area contributed by atoms with E-state index in [-0.39, 0.29) is 0 Å². The van der Waals surface area contributed by atoms with Crippen molar-refractivity contribution >= 4 is 0 Å². The Labute approximate surface area is 51.2 Å². The van der Waals surface area contributed by atoms with E-state index in [9.17, 15) is 0 Å². The van der Waals surface area contributed by atoms with Gasteiger partial charge >= 0.3 is 0 Å². The minimum Gasteiger partial charge on any atom is -0.378 e. The third-order valence-electron chi connectivity index (χ3n) is 0.799. The molecule has 0 spiro atoms. The molecule has 0 atom stereocenters. The fourth-order valence-corrected chi connectivity index (χ4v) is 0.420. The lowest BCUT2D eigenvalue weighted by Gasteiger charge is -2.05. The van der Waals surface area contributed by atoms with Gasteiger partial charge in [-0.1, -0.05) is 13.8 Å². The van der Waals surface area contributed by atoms with Gasteiger partial charge in [0, 0.05) is 12.6 Å². The molecule has 0 bridgehead atoms. The van der Waals surface area contributed by atoms with Crippen molar-refractivity contribution in [2.24, 2.45) is 0 Å². The van der Waals surface area contributed by atoms with Crippen LogP contribution in [0, 0.1) is 7.11 Å². The average Bonchev–Trinajstić information content (AvgIpc) is 1.66. The van der Waals surface area contributed by atoms with E-state index >= 15 is 0 Å². The molecule has 0 saturated carbocycles. The minimum absolute atomic E-state index is 0.546. The summed E-state index contributed by atoms with van der Waals surface area (Å²) >= 11 is 0. The maximum absolute atomic E-state index is 4.58. The van der Waals surface area contributed by atoms with E-state index in [1.54, 1.807) is 0 Å². The molecule has 1 N–H and O–H groups in total. The molecule has 0 amide bonds. The Balaban J connectivity index is 2.72. The molecule has 0 aromatic heterocycles. The van der Waals surface area contributed by atoms with Gasteiger partial charge in [0.1, 0.15) is 0 Å². The van der Waals surface area contributed by atoms with Crippen molar-refractivity contribution in [1.82, 2.24) is 5.32 Å². The molecular formula is C6H14NO. The summed E-state index contributed by atoms with van der Waals surface area (Å²) in [6.07, 6.45) is 0. The van der Waals surface area contributed by atoms with Gasteiger partial charge in [0.05, 0.1) is 13.7 Å². The summed E-state index contributed by atoms with van der Waals surface area (Å²) in [5, 5.41) is 3.18. The van der Waals surface area contributed by atoms with Gasteiger partial charge in [-0.3, -0.25) is 0 Å². The number of rotatable bonds is 4. The molecule has 2 nitrogen and oxygen atoms in total. The Morgan fingerprint density at radius 1 is 1.62 bits per heavy atom. The lowest BCUT2D eigenvalue weighted by molar-refractivity contribution is 0.239. The lowest BCUT2D eigenvalue weighted by atomic mass is 10.4. The SMILES string of the molecule is [CH2]OCCNC(C)C. The topological polar surface area (TPSA) is 21.3 Å². The van der Waals surface area contributed by atoms with E-state index in [1.807, 2.05) is 0 Å². The summed E-state index contributed by atoms with van der Waals surface area (Å²) < 4.78 is 4.58. The molecule has 2 heteroatoms. The van der Waals surface area contributed by atoms with Crippen molar-refractivity contribution in [3.63, 3.8) is 0 Å². The second-order valence-corrected chi connectivity index (χ2v) is 2.02. The first kappa shape index (κ1) is 7.92. The van der Waals surface area contributed by atoms with E-state index in [0.29, 0.717) is 12.6 Å². The van der Waals surface area contributed by atoms with Crippen LogP contribution in [0.2, 0.25) is 0 Å². The van der Waals surface area contributed by atoms with Crippen LogP contribution in [0.25, 0.3) is 0 Å². The lowest BCUT2D eigenvalue weighted by Crippen LogP contribution is -2.26. The van der Waals surface area contributed by atoms with Gasteiger partial charge in [0.15, 0.2) is 0 Å². The van der Waals surface area contributed by atoms with Crippen molar-refractivity contribution in [2.45, 2.75) is 19.9 Å². The van der Waals surface area contributed by atoms with Crippen LogP contribution in [0.3, 0.4) is 0 Å². The van der Waals surface area contributed by atoms with Gasteiger partial charge in [-0.2, -0.15) is 0 Å². The molecule has 0 rings (SSSR count). The molecule has 0 heterocycles. The first-order valence-corrected chi connectivity index (χ1v) is 2.87. The van der Waals surface area contributed by atoms with Crippen molar-refractivity contribution in [2.75, 3.05) is 13.2 Å². The number of ether oxygens (including phenoxy) is 1. The molecule has 0 aromatic carbocycles. The molecule has 0 fully saturated rings. The third-order valence-corrected chi connectivity index (χ3v) is 0.799. The number of hydrogen-bond acceptors (Lipinski definition) is 2. The van der Waals surface area contributed by atoms with Gasteiger partial charge in [0.2, 0.25) is 0 Å². The molecule has 0 aliphatic carbocycles. The number of hydrogen-bond donors (Lipinski definition) is 1. The standard InChI is InChI=1S/C6H14NO/c1-6(2)7-4-5-8-3/h6-7H,3-5H2,1-2H3. The zero-order valence-corrected chi connectivity index (χ0v) is 5.61. The summed E-state index contributed by atoms with van der Waals surface area (Å²) in [4.78, 5) is 0. The summed E-state index contributed by atoms with van der Waals surface area (Å²) in [7, 11) is 3.24. The van der Waals surface area contributed by atoms with E-state index in [2.05, 4.69) is 31.0 Å². The van der Waals surface area contributed by atoms with Gasteiger partial charge in [-0.25, -0.2) is 0 Å². The second-order valence-electron chi connectivity index (χ2n) is 2.02. The normalized spacial score (nSPS) is 10.5. The minimum atomic E-state index is 0.546. The predicted molar refractivity (Wildman–Crippen MR) is 34.4 cm³/mol. The van der Waals surface area contributed by atoms with Crippen LogP contribution in [-0.2, 0) is 4.74 Å². The quantitative estimate of drug-likeness (QED) is 0.548. The molecule has 0 saturated heterocycles. The smallest absolute Gasteiger partial charge is 0.0701 e. The highest BCUT2D eigenvalue weighted by Gasteiger charge is 1.87. The predicted octanol–water partition coefficient (Wildman–Crippen LogP) is 0.793. The van der Waals surface area contributed by atoms with Crippen LogP contribution in [0.4, 0.5) is 0 Å². The Hall–Kier alpha value is -0.0800. The molecule has 0 aliphatic rings. The van der Waals surface area contributed by atoms with Crippen LogP contribution in [0.5, 0.6) is 0 Å². The van der Waals surface area contributed by atoms with Crippen LogP contribution in [-0.4, -0.2) is 19.2 Å². The summed E-state index contributed by atoms with van der Waals surface area (Å²) in [5.41, 5.74) is 0. The zero-order chi connectivity index (χ0) is 6.41. The Kier molecular flexibility index (Phi) is 5.01. The molecule has 0 aromatic rings. The number of nitrogens with one attached hydrogen (secondary N) is 1. The molecular weight excluding hydrogens is 102 g/mol. The summed E-state index contributed by atoms with van der Waals surface area (Å²) in [5.74, 6) is 0. The highest BCUT2D eigenvalue weighted by atomic mass is 16.5. The van der Waals surface area contributed by atoms with Gasteiger partial charge < -0.3 is 10.1 Å². The van der Waals surface area contributed by atoms with E-state index in [1.165, 1.54) is 0 Å². The first-order chi connectivity index (χ1) is 3.77. The largest absolute Gasteiger partial charge is 0.378 e.